The Bertz CT molecular complexity index is 748. The Labute approximate surface area is 151 Å². The Morgan fingerprint density at radius 1 is 1.04 bits per heavy atom. The van der Waals surface area contributed by atoms with Crippen LogP contribution in [0.3, 0.4) is 0 Å². The van der Waals surface area contributed by atoms with Gasteiger partial charge in [-0.15, -0.1) is 5.10 Å². The molecule has 1 aliphatic rings. The van der Waals surface area contributed by atoms with E-state index in [1.807, 2.05) is 0 Å². The summed E-state index contributed by atoms with van der Waals surface area (Å²) in [5.41, 5.74) is -1.27. The normalized spacial score (nSPS) is 16.5. The summed E-state index contributed by atoms with van der Waals surface area (Å²) in [4.78, 5) is 14.7. The Morgan fingerprint density at radius 2 is 1.59 bits per heavy atom. The van der Waals surface area contributed by atoms with Gasteiger partial charge in [0.05, 0.1) is 5.56 Å². The number of amides is 1. The monoisotopic (exact) mass is 394 g/mol. The highest BCUT2D eigenvalue weighted by atomic mass is 19.4. The summed E-state index contributed by atoms with van der Waals surface area (Å²) in [5.74, 6) is -1.88. The maximum atomic E-state index is 13.0. The molecule has 0 atom stereocenters. The van der Waals surface area contributed by atoms with Crippen LogP contribution in [0.5, 0.6) is 0 Å². The molecule has 2 rings (SSSR count). The Morgan fingerprint density at radius 3 is 2.07 bits per heavy atom. The summed E-state index contributed by atoms with van der Waals surface area (Å²) in [5, 5.41) is 5.92. The molecule has 5 nitrogen and oxygen atoms in total. The van der Waals surface area contributed by atoms with Gasteiger partial charge in [0.15, 0.2) is 0 Å². The fraction of sp³-hybridized carbons (Fsp3) is 0.438. The third kappa shape index (κ3) is 4.58. The van der Waals surface area contributed by atoms with Crippen LogP contribution >= 0.6 is 0 Å². The molecule has 1 saturated heterocycles. The van der Waals surface area contributed by atoms with Crippen molar-refractivity contribution in [3.8, 4) is 0 Å². The lowest BCUT2D eigenvalue weighted by Crippen LogP contribution is -2.53. The number of hydrogen-bond donors (Lipinski definition) is 0. The predicted octanol–water partition coefficient (Wildman–Crippen LogP) is 3.35. The number of hydrogen-bond acceptors (Lipinski definition) is 3. The van der Waals surface area contributed by atoms with Gasteiger partial charge in [0.25, 0.3) is 5.91 Å². The van der Waals surface area contributed by atoms with Crippen molar-refractivity contribution in [2.75, 3.05) is 26.2 Å². The maximum Gasteiger partial charge on any atom is 0.451 e. The van der Waals surface area contributed by atoms with Crippen molar-refractivity contribution in [1.82, 2.24) is 9.80 Å². The molecule has 1 heterocycles. The van der Waals surface area contributed by atoms with Crippen molar-refractivity contribution in [3.63, 3.8) is 0 Å². The first-order valence-electron chi connectivity index (χ1n) is 7.78. The van der Waals surface area contributed by atoms with E-state index in [0.717, 1.165) is 17.0 Å². The Hall–Kier alpha value is -2.59. The van der Waals surface area contributed by atoms with E-state index in [0.29, 0.717) is 0 Å². The van der Waals surface area contributed by atoms with Crippen LogP contribution in [0, 0.1) is 6.92 Å². The summed E-state index contributed by atoms with van der Waals surface area (Å²) in [6.07, 6.45) is -9.33. The third-order valence-corrected chi connectivity index (χ3v) is 4.16. The lowest BCUT2D eigenvalue weighted by Gasteiger charge is -2.36. The van der Waals surface area contributed by atoms with Gasteiger partial charge in [-0.1, -0.05) is 6.07 Å². The maximum absolute atomic E-state index is 13.0. The Kier molecular flexibility index (Phi) is 5.81. The van der Waals surface area contributed by atoms with Crippen LogP contribution in [0.4, 0.5) is 26.3 Å². The number of carbonyl (C=O) groups excluding carboxylic acids is 1. The molecule has 1 amide bonds. The van der Waals surface area contributed by atoms with Crippen LogP contribution in [0.2, 0.25) is 0 Å². The van der Waals surface area contributed by atoms with Gasteiger partial charge in [-0.2, -0.15) is 31.4 Å². The molecule has 0 saturated carbocycles. The topological polar surface area (TPSA) is 48.3 Å². The van der Waals surface area contributed by atoms with E-state index in [2.05, 4.69) is 16.9 Å². The van der Waals surface area contributed by atoms with Gasteiger partial charge < -0.3 is 9.80 Å². The van der Waals surface area contributed by atoms with Gasteiger partial charge in [-0.3, -0.25) is 4.79 Å². The zero-order valence-electron chi connectivity index (χ0n) is 14.2. The molecule has 148 valence electrons. The minimum atomic E-state index is -4.73. The van der Waals surface area contributed by atoms with E-state index in [9.17, 15) is 31.1 Å². The molecule has 1 aromatic carbocycles. The number of halogens is 6. The van der Waals surface area contributed by atoms with Gasteiger partial charge in [-0.25, -0.2) is 0 Å². The average molecular weight is 394 g/mol. The highest BCUT2D eigenvalue weighted by Gasteiger charge is 2.42. The molecule has 27 heavy (non-hydrogen) atoms. The lowest BCUT2D eigenvalue weighted by atomic mass is 10.0. The SMILES string of the molecule is C=N/N=C(\N1CCN(C(=O)c2cccc(C(F)(F)F)c2C)CC1)C(F)(F)F. The van der Waals surface area contributed by atoms with Gasteiger partial charge in [0, 0.05) is 38.5 Å². The number of nitrogens with zero attached hydrogens (tertiary/aromatic N) is 4. The molecular formula is C16H16F6N4O. The molecule has 0 N–H and O–H groups in total. The number of rotatable bonds is 2. The first-order valence-corrected chi connectivity index (χ1v) is 7.78. The standard InChI is InChI=1S/C16H16F6N4O/c1-10-11(4-3-5-12(10)15(17,18)19)13(27)25-6-8-26(9-7-25)14(24-23-2)16(20,21)22/h3-5H,2,6-9H2,1H3/b24-14-. The van der Waals surface area contributed by atoms with E-state index in [1.54, 1.807) is 0 Å². The molecule has 1 aliphatic heterocycles. The molecule has 0 aromatic heterocycles. The minimum Gasteiger partial charge on any atom is -0.347 e. The number of amidine groups is 1. The van der Waals surface area contributed by atoms with Gasteiger partial charge in [0.1, 0.15) is 0 Å². The van der Waals surface area contributed by atoms with Crippen LogP contribution in [0.25, 0.3) is 0 Å². The molecule has 1 fully saturated rings. The third-order valence-electron chi connectivity index (χ3n) is 4.16. The van der Waals surface area contributed by atoms with Crippen LogP contribution in [0.15, 0.2) is 28.4 Å². The van der Waals surface area contributed by atoms with Crippen molar-refractivity contribution in [2.45, 2.75) is 19.3 Å². The smallest absolute Gasteiger partial charge is 0.347 e. The van der Waals surface area contributed by atoms with E-state index in [4.69, 9.17) is 0 Å². The van der Waals surface area contributed by atoms with Crippen LogP contribution in [0.1, 0.15) is 21.5 Å². The molecule has 0 radical (unpaired) electrons. The second-order valence-corrected chi connectivity index (χ2v) is 5.82. The molecule has 0 bridgehead atoms. The molecule has 0 spiro atoms. The average Bonchev–Trinajstić information content (AvgIpc) is 2.57. The molecule has 11 heteroatoms. The molecule has 0 aliphatic carbocycles. The number of benzene rings is 1. The van der Waals surface area contributed by atoms with E-state index < -0.39 is 29.7 Å². The van der Waals surface area contributed by atoms with Gasteiger partial charge in [-0.05, 0) is 24.6 Å². The quantitative estimate of drug-likeness (QED) is 0.334. The number of carbonyl (C=O) groups is 1. The Balaban J connectivity index is 2.16. The van der Waals surface area contributed by atoms with E-state index >= 15 is 0 Å². The van der Waals surface area contributed by atoms with Gasteiger partial charge >= 0.3 is 12.4 Å². The summed E-state index contributed by atoms with van der Waals surface area (Å²) in [6, 6.07) is 3.27. The molecular weight excluding hydrogens is 378 g/mol. The van der Waals surface area contributed by atoms with Crippen LogP contribution < -0.4 is 0 Å². The summed E-state index contributed by atoms with van der Waals surface area (Å²) in [7, 11) is 0. The van der Waals surface area contributed by atoms with Crippen LogP contribution in [-0.2, 0) is 6.18 Å². The first-order chi connectivity index (χ1) is 12.5. The fourth-order valence-corrected chi connectivity index (χ4v) is 2.83. The highest BCUT2D eigenvalue weighted by molar-refractivity contribution is 5.96. The first kappa shape index (κ1) is 20.7. The van der Waals surface area contributed by atoms with Crippen molar-refractivity contribution in [2.24, 2.45) is 10.2 Å². The lowest BCUT2D eigenvalue weighted by molar-refractivity contribution is -0.138. The van der Waals surface area contributed by atoms with Crippen molar-refractivity contribution in [3.05, 3.63) is 34.9 Å². The van der Waals surface area contributed by atoms with Crippen molar-refractivity contribution < 1.29 is 31.1 Å². The van der Waals surface area contributed by atoms with Crippen LogP contribution in [-0.4, -0.2) is 60.6 Å². The highest BCUT2D eigenvalue weighted by Crippen LogP contribution is 2.33. The second-order valence-electron chi connectivity index (χ2n) is 5.82. The largest absolute Gasteiger partial charge is 0.451 e. The van der Waals surface area contributed by atoms with Crippen molar-refractivity contribution >= 4 is 18.5 Å². The minimum absolute atomic E-state index is 0.0965. The summed E-state index contributed by atoms with van der Waals surface area (Å²) >= 11 is 0. The number of piperazine rings is 1. The second kappa shape index (κ2) is 7.57. The zero-order chi connectivity index (χ0) is 20.4. The molecule has 1 aromatic rings. The molecule has 0 unspecified atom stereocenters. The number of alkyl halides is 6. The summed E-state index contributed by atoms with van der Waals surface area (Å²) < 4.78 is 77.9. The fourth-order valence-electron chi connectivity index (χ4n) is 2.83. The van der Waals surface area contributed by atoms with Gasteiger partial charge in [0.2, 0.25) is 5.84 Å². The van der Waals surface area contributed by atoms with E-state index in [-0.39, 0.29) is 37.3 Å². The zero-order valence-corrected chi connectivity index (χ0v) is 14.2. The summed E-state index contributed by atoms with van der Waals surface area (Å²) in [6.45, 7) is 3.54. The van der Waals surface area contributed by atoms with Crippen molar-refractivity contribution in [1.29, 1.82) is 0 Å². The van der Waals surface area contributed by atoms with E-state index in [1.165, 1.54) is 17.9 Å². The predicted molar refractivity (Wildman–Crippen MR) is 86.7 cm³/mol.